The number of anilines is 1. The first kappa shape index (κ1) is 10.9. The summed E-state index contributed by atoms with van der Waals surface area (Å²) in [6, 6.07) is 0.937. The van der Waals surface area contributed by atoms with Gasteiger partial charge in [-0.15, -0.1) is 5.10 Å². The number of amides is 1. The van der Waals surface area contributed by atoms with E-state index in [1.165, 1.54) is 12.8 Å². The molecule has 0 spiro atoms. The Kier molecular flexibility index (Phi) is 3.35. The van der Waals surface area contributed by atoms with Gasteiger partial charge in [-0.3, -0.25) is 4.79 Å². The predicted octanol–water partition coefficient (Wildman–Crippen LogP) is -0.391. The lowest BCUT2D eigenvalue weighted by Gasteiger charge is -1.98. The van der Waals surface area contributed by atoms with Crippen LogP contribution in [0.3, 0.4) is 0 Å². The van der Waals surface area contributed by atoms with Crippen LogP contribution < -0.4 is 16.4 Å². The molecule has 1 amide bonds. The summed E-state index contributed by atoms with van der Waals surface area (Å²) in [6.45, 7) is 1.00. The summed E-state index contributed by atoms with van der Waals surface area (Å²) in [5, 5.41) is 13.7. The molecule has 1 fully saturated rings. The van der Waals surface area contributed by atoms with Crippen molar-refractivity contribution in [1.29, 1.82) is 0 Å². The van der Waals surface area contributed by atoms with Gasteiger partial charge in [-0.2, -0.15) is 0 Å². The molecule has 2 rings (SSSR count). The SMILES string of the molecule is NC(=O)CCNc1nnc(CNC2CC2)o1. The zero-order valence-corrected chi connectivity index (χ0v) is 8.90. The Balaban J connectivity index is 1.70. The lowest BCUT2D eigenvalue weighted by atomic mass is 10.4. The Morgan fingerprint density at radius 1 is 1.50 bits per heavy atom. The van der Waals surface area contributed by atoms with Crippen molar-refractivity contribution < 1.29 is 9.21 Å². The van der Waals surface area contributed by atoms with Crippen molar-refractivity contribution >= 4 is 11.9 Å². The molecule has 1 aliphatic rings. The largest absolute Gasteiger partial charge is 0.407 e. The molecule has 0 radical (unpaired) electrons. The topological polar surface area (TPSA) is 106 Å². The van der Waals surface area contributed by atoms with E-state index in [1.807, 2.05) is 0 Å². The molecule has 0 bridgehead atoms. The van der Waals surface area contributed by atoms with Crippen LogP contribution in [0.5, 0.6) is 0 Å². The zero-order chi connectivity index (χ0) is 11.4. The van der Waals surface area contributed by atoms with Crippen molar-refractivity contribution in [3.05, 3.63) is 5.89 Å². The van der Waals surface area contributed by atoms with Gasteiger partial charge in [0.2, 0.25) is 11.8 Å². The van der Waals surface area contributed by atoms with Crippen molar-refractivity contribution in [3.8, 4) is 0 Å². The number of hydrogen-bond acceptors (Lipinski definition) is 6. The highest BCUT2D eigenvalue weighted by atomic mass is 16.4. The number of carbonyl (C=O) groups excluding carboxylic acids is 1. The van der Waals surface area contributed by atoms with Gasteiger partial charge < -0.3 is 20.8 Å². The summed E-state index contributed by atoms with van der Waals surface area (Å²) in [7, 11) is 0. The van der Waals surface area contributed by atoms with Gasteiger partial charge in [0, 0.05) is 19.0 Å². The van der Waals surface area contributed by atoms with Crippen LogP contribution in [-0.2, 0) is 11.3 Å². The predicted molar refractivity (Wildman–Crippen MR) is 56.5 cm³/mol. The van der Waals surface area contributed by atoms with Crippen molar-refractivity contribution in [3.63, 3.8) is 0 Å². The van der Waals surface area contributed by atoms with Crippen molar-refractivity contribution in [2.45, 2.75) is 31.8 Å². The average molecular weight is 225 g/mol. The Labute approximate surface area is 92.8 Å². The molecule has 7 nitrogen and oxygen atoms in total. The third-order valence-corrected chi connectivity index (χ3v) is 2.23. The quantitative estimate of drug-likeness (QED) is 0.583. The van der Waals surface area contributed by atoms with E-state index < -0.39 is 0 Å². The number of nitrogens with one attached hydrogen (secondary N) is 2. The van der Waals surface area contributed by atoms with E-state index in [0.717, 1.165) is 0 Å². The Morgan fingerprint density at radius 3 is 3.00 bits per heavy atom. The minimum atomic E-state index is -0.359. The number of carbonyl (C=O) groups is 1. The molecule has 1 saturated carbocycles. The summed E-state index contributed by atoms with van der Waals surface area (Å²) < 4.78 is 5.30. The maximum absolute atomic E-state index is 10.5. The van der Waals surface area contributed by atoms with Crippen molar-refractivity contribution in [2.75, 3.05) is 11.9 Å². The van der Waals surface area contributed by atoms with Crippen LogP contribution in [0, 0.1) is 0 Å². The summed E-state index contributed by atoms with van der Waals surface area (Å²) in [6.07, 6.45) is 2.69. The van der Waals surface area contributed by atoms with Crippen LogP contribution in [0.15, 0.2) is 4.42 Å². The van der Waals surface area contributed by atoms with Gasteiger partial charge in [-0.05, 0) is 12.8 Å². The van der Waals surface area contributed by atoms with Gasteiger partial charge in [-0.1, -0.05) is 5.10 Å². The summed E-state index contributed by atoms with van der Waals surface area (Å²) in [5.74, 6) is 0.191. The first-order chi connectivity index (χ1) is 7.74. The standard InChI is InChI=1S/C9H15N5O2/c10-7(15)3-4-11-9-14-13-8(16-9)5-12-6-1-2-6/h6,12H,1-5H2,(H2,10,15)(H,11,14). The number of aromatic nitrogens is 2. The number of nitrogens with zero attached hydrogens (tertiary/aromatic N) is 2. The van der Waals surface area contributed by atoms with E-state index in [0.29, 0.717) is 31.0 Å². The van der Waals surface area contributed by atoms with E-state index in [9.17, 15) is 4.79 Å². The van der Waals surface area contributed by atoms with Gasteiger partial charge in [0.15, 0.2) is 0 Å². The van der Waals surface area contributed by atoms with Gasteiger partial charge in [0.1, 0.15) is 0 Å². The lowest BCUT2D eigenvalue weighted by molar-refractivity contribution is -0.117. The van der Waals surface area contributed by atoms with Crippen LogP contribution in [0.25, 0.3) is 0 Å². The highest BCUT2D eigenvalue weighted by molar-refractivity contribution is 5.74. The fourth-order valence-electron chi connectivity index (χ4n) is 1.21. The number of hydrogen-bond donors (Lipinski definition) is 3. The molecule has 1 aromatic heterocycles. The highest BCUT2D eigenvalue weighted by Crippen LogP contribution is 2.19. The van der Waals surface area contributed by atoms with Crippen molar-refractivity contribution in [1.82, 2.24) is 15.5 Å². The van der Waals surface area contributed by atoms with E-state index in [2.05, 4.69) is 20.8 Å². The number of rotatable bonds is 7. The maximum Gasteiger partial charge on any atom is 0.315 e. The molecule has 16 heavy (non-hydrogen) atoms. The third kappa shape index (κ3) is 3.50. The number of primary amides is 1. The summed E-state index contributed by atoms with van der Waals surface area (Å²) in [5.41, 5.74) is 4.99. The molecule has 0 aromatic carbocycles. The second-order valence-corrected chi connectivity index (χ2v) is 3.80. The van der Waals surface area contributed by atoms with E-state index in [4.69, 9.17) is 10.2 Å². The second kappa shape index (κ2) is 4.93. The Bertz CT molecular complexity index is 361. The molecule has 0 aliphatic heterocycles. The van der Waals surface area contributed by atoms with E-state index >= 15 is 0 Å². The summed E-state index contributed by atoms with van der Waals surface area (Å²) in [4.78, 5) is 10.5. The first-order valence-corrected chi connectivity index (χ1v) is 5.32. The van der Waals surface area contributed by atoms with Crippen LogP contribution in [0.2, 0.25) is 0 Å². The van der Waals surface area contributed by atoms with Gasteiger partial charge >= 0.3 is 6.01 Å². The third-order valence-electron chi connectivity index (χ3n) is 2.23. The van der Waals surface area contributed by atoms with Gasteiger partial charge in [-0.25, -0.2) is 0 Å². The lowest BCUT2D eigenvalue weighted by Crippen LogP contribution is -2.16. The van der Waals surface area contributed by atoms with E-state index in [-0.39, 0.29) is 12.3 Å². The molecular formula is C9H15N5O2. The van der Waals surface area contributed by atoms with Gasteiger partial charge in [0.05, 0.1) is 6.54 Å². The minimum Gasteiger partial charge on any atom is -0.407 e. The molecule has 4 N–H and O–H groups in total. The molecular weight excluding hydrogens is 210 g/mol. The second-order valence-electron chi connectivity index (χ2n) is 3.80. The normalized spacial score (nSPS) is 15.0. The maximum atomic E-state index is 10.5. The van der Waals surface area contributed by atoms with Crippen molar-refractivity contribution in [2.24, 2.45) is 5.73 Å². The van der Waals surface area contributed by atoms with Crippen LogP contribution in [0.4, 0.5) is 6.01 Å². The average Bonchev–Trinajstić information content (AvgIpc) is 2.96. The molecule has 1 aromatic rings. The first-order valence-electron chi connectivity index (χ1n) is 5.32. The van der Waals surface area contributed by atoms with Gasteiger partial charge in [0.25, 0.3) is 0 Å². The molecule has 1 aliphatic carbocycles. The number of nitrogens with two attached hydrogens (primary N) is 1. The molecule has 1 heterocycles. The van der Waals surface area contributed by atoms with E-state index in [1.54, 1.807) is 0 Å². The van der Waals surface area contributed by atoms with Crippen LogP contribution in [0.1, 0.15) is 25.2 Å². The monoisotopic (exact) mass is 225 g/mol. The molecule has 0 saturated heterocycles. The van der Waals surface area contributed by atoms with Crippen LogP contribution >= 0.6 is 0 Å². The smallest absolute Gasteiger partial charge is 0.315 e. The Morgan fingerprint density at radius 2 is 2.31 bits per heavy atom. The molecule has 0 unspecified atom stereocenters. The summed E-state index contributed by atoms with van der Waals surface area (Å²) >= 11 is 0. The van der Waals surface area contributed by atoms with Crippen LogP contribution in [-0.4, -0.2) is 28.7 Å². The molecule has 88 valence electrons. The molecule has 7 heteroatoms. The minimum absolute atomic E-state index is 0.248. The highest BCUT2D eigenvalue weighted by Gasteiger charge is 2.21. The fourth-order valence-corrected chi connectivity index (χ4v) is 1.21. The Hall–Kier alpha value is -1.63. The zero-order valence-electron chi connectivity index (χ0n) is 8.90. The fraction of sp³-hybridized carbons (Fsp3) is 0.667. The molecule has 0 atom stereocenters.